The Morgan fingerprint density at radius 2 is 2.08 bits per heavy atom. The molecule has 0 saturated carbocycles. The lowest BCUT2D eigenvalue weighted by molar-refractivity contribution is 0.160. The van der Waals surface area contributed by atoms with Crippen LogP contribution >= 0.6 is 0 Å². The largest absolute Gasteiger partial charge is 0.491 e. The third-order valence-corrected chi connectivity index (χ3v) is 5.02. The Balaban J connectivity index is 1.57. The summed E-state index contributed by atoms with van der Waals surface area (Å²) in [6.45, 7) is 2.48. The van der Waals surface area contributed by atoms with Gasteiger partial charge in [0.2, 0.25) is 5.43 Å². The number of hydrogen-bond acceptors (Lipinski definition) is 3. The van der Waals surface area contributed by atoms with Gasteiger partial charge >= 0.3 is 0 Å². The monoisotopic (exact) mass is 362 g/mol. The van der Waals surface area contributed by atoms with Gasteiger partial charge in [0.25, 0.3) is 0 Å². The van der Waals surface area contributed by atoms with E-state index in [1.807, 2.05) is 0 Å². The fraction of sp³-hybridized carbons (Fsp3) is 0.450. The first kappa shape index (κ1) is 18.6. The topological polar surface area (TPSA) is 45.3 Å². The molecule has 2 aromatic rings. The summed E-state index contributed by atoms with van der Waals surface area (Å²) in [5.41, 5.74) is 0.894. The van der Waals surface area contributed by atoms with Crippen LogP contribution in [0, 0.1) is 17.6 Å². The summed E-state index contributed by atoms with van der Waals surface area (Å²) in [5, 5.41) is 0. The molecule has 1 aromatic carbocycles. The molecule has 140 valence electrons. The van der Waals surface area contributed by atoms with Gasteiger partial charge in [0.15, 0.2) is 5.75 Å². The Morgan fingerprint density at radius 3 is 2.77 bits per heavy atom. The van der Waals surface area contributed by atoms with E-state index in [-0.39, 0.29) is 11.0 Å². The van der Waals surface area contributed by atoms with Crippen molar-refractivity contribution in [1.29, 1.82) is 0 Å². The van der Waals surface area contributed by atoms with E-state index < -0.39 is 11.6 Å². The molecule has 1 atom stereocenters. The van der Waals surface area contributed by atoms with Crippen molar-refractivity contribution >= 4 is 0 Å². The lowest BCUT2D eigenvalue weighted by Gasteiger charge is -2.32. The Morgan fingerprint density at radius 1 is 1.31 bits per heavy atom. The lowest BCUT2D eigenvalue weighted by atomic mass is 9.91. The number of likely N-dealkylation sites (tertiary alicyclic amines) is 1. The highest BCUT2D eigenvalue weighted by molar-refractivity contribution is 5.21. The van der Waals surface area contributed by atoms with Crippen molar-refractivity contribution in [3.05, 3.63) is 63.6 Å². The Kier molecular flexibility index (Phi) is 6.04. The molecule has 1 aliphatic rings. The average molecular weight is 362 g/mol. The van der Waals surface area contributed by atoms with E-state index in [0.29, 0.717) is 24.6 Å². The number of ether oxygens (including phenoxy) is 1. The summed E-state index contributed by atoms with van der Waals surface area (Å²) < 4.78 is 32.5. The molecule has 4 nitrogen and oxygen atoms in total. The quantitative estimate of drug-likeness (QED) is 0.855. The van der Waals surface area contributed by atoms with Gasteiger partial charge in [0.05, 0.1) is 7.11 Å². The van der Waals surface area contributed by atoms with Gasteiger partial charge in [-0.05, 0) is 50.3 Å². The van der Waals surface area contributed by atoms with Crippen LogP contribution in [0.3, 0.4) is 0 Å². The van der Waals surface area contributed by atoms with Crippen LogP contribution in [0.25, 0.3) is 0 Å². The third kappa shape index (κ3) is 4.49. The molecule has 1 N–H and O–H groups in total. The van der Waals surface area contributed by atoms with Gasteiger partial charge < -0.3 is 9.72 Å². The molecule has 0 aliphatic carbocycles. The standard InChI is InChI=1S/C20H24F2N2O2/c1-26-20-11-23-15(10-19(20)25)13-24-9-3-4-14(12-24)7-8-16-17(21)5-2-6-18(16)22/h2,5-6,10-11,14H,3-4,7-9,12-13H2,1H3,(H,23,25)/t14-/m1/s1. The van der Waals surface area contributed by atoms with Gasteiger partial charge in [0.1, 0.15) is 11.6 Å². The Labute approximate surface area is 151 Å². The number of methoxy groups -OCH3 is 1. The van der Waals surface area contributed by atoms with Crippen LogP contribution in [0.2, 0.25) is 0 Å². The Hall–Kier alpha value is -2.21. The molecule has 1 aromatic heterocycles. The van der Waals surface area contributed by atoms with Crippen molar-refractivity contribution in [1.82, 2.24) is 9.88 Å². The minimum absolute atomic E-state index is 0.134. The van der Waals surface area contributed by atoms with E-state index >= 15 is 0 Å². The highest BCUT2D eigenvalue weighted by Crippen LogP contribution is 2.24. The summed E-state index contributed by atoms with van der Waals surface area (Å²) in [4.78, 5) is 17.2. The van der Waals surface area contributed by atoms with Crippen LogP contribution in [0.5, 0.6) is 5.75 Å². The number of rotatable bonds is 6. The highest BCUT2D eigenvalue weighted by Gasteiger charge is 2.21. The minimum atomic E-state index is -0.464. The molecular formula is C20H24F2N2O2. The summed E-state index contributed by atoms with van der Waals surface area (Å²) in [7, 11) is 1.47. The van der Waals surface area contributed by atoms with E-state index in [1.54, 1.807) is 12.3 Å². The van der Waals surface area contributed by atoms with E-state index in [9.17, 15) is 13.6 Å². The third-order valence-electron chi connectivity index (χ3n) is 5.02. The maximum Gasteiger partial charge on any atom is 0.223 e. The van der Waals surface area contributed by atoms with Crippen LogP contribution < -0.4 is 10.2 Å². The fourth-order valence-electron chi connectivity index (χ4n) is 3.64. The lowest BCUT2D eigenvalue weighted by Crippen LogP contribution is -2.35. The average Bonchev–Trinajstić information content (AvgIpc) is 2.62. The van der Waals surface area contributed by atoms with E-state index in [4.69, 9.17) is 4.74 Å². The smallest absolute Gasteiger partial charge is 0.223 e. The molecule has 1 saturated heterocycles. The molecule has 0 bridgehead atoms. The van der Waals surface area contributed by atoms with Crippen LogP contribution in [0.1, 0.15) is 30.5 Å². The second-order valence-corrected chi connectivity index (χ2v) is 6.87. The molecule has 1 aliphatic heterocycles. The number of nitrogens with zero attached hydrogens (tertiary/aromatic N) is 1. The Bertz CT molecular complexity index is 786. The molecule has 0 radical (unpaired) electrons. The number of aromatic nitrogens is 1. The number of halogens is 2. The normalized spacial score (nSPS) is 18.0. The van der Waals surface area contributed by atoms with Crippen LogP contribution in [0.4, 0.5) is 8.78 Å². The number of aromatic amines is 1. The number of piperidine rings is 1. The first-order valence-corrected chi connectivity index (χ1v) is 8.97. The van der Waals surface area contributed by atoms with Crippen LogP contribution in [-0.2, 0) is 13.0 Å². The number of nitrogens with one attached hydrogen (secondary N) is 1. The van der Waals surface area contributed by atoms with E-state index in [2.05, 4.69) is 9.88 Å². The molecule has 0 spiro atoms. The summed E-state index contributed by atoms with van der Waals surface area (Å²) in [6.07, 6.45) is 4.86. The number of pyridine rings is 1. The van der Waals surface area contributed by atoms with E-state index in [0.717, 1.165) is 38.0 Å². The minimum Gasteiger partial charge on any atom is -0.491 e. The van der Waals surface area contributed by atoms with Gasteiger partial charge in [-0.1, -0.05) is 6.07 Å². The maximum atomic E-state index is 13.8. The van der Waals surface area contributed by atoms with Crippen molar-refractivity contribution in [2.24, 2.45) is 5.92 Å². The number of hydrogen-bond donors (Lipinski definition) is 1. The van der Waals surface area contributed by atoms with Crippen molar-refractivity contribution in [2.75, 3.05) is 20.2 Å². The molecule has 1 fully saturated rings. The first-order valence-electron chi connectivity index (χ1n) is 8.97. The van der Waals surface area contributed by atoms with Gasteiger partial charge in [-0.15, -0.1) is 0 Å². The predicted molar refractivity (Wildman–Crippen MR) is 96.3 cm³/mol. The zero-order chi connectivity index (χ0) is 18.5. The number of benzene rings is 1. The molecule has 2 heterocycles. The van der Waals surface area contributed by atoms with Gasteiger partial charge in [0, 0.05) is 36.6 Å². The zero-order valence-electron chi connectivity index (χ0n) is 14.9. The van der Waals surface area contributed by atoms with Crippen molar-refractivity contribution in [3.8, 4) is 5.75 Å². The van der Waals surface area contributed by atoms with E-state index in [1.165, 1.54) is 25.3 Å². The maximum absolute atomic E-state index is 13.8. The van der Waals surface area contributed by atoms with Crippen molar-refractivity contribution in [2.45, 2.75) is 32.2 Å². The molecule has 6 heteroatoms. The fourth-order valence-corrected chi connectivity index (χ4v) is 3.64. The van der Waals surface area contributed by atoms with Gasteiger partial charge in [-0.2, -0.15) is 0 Å². The number of H-pyrrole nitrogens is 1. The van der Waals surface area contributed by atoms with Gasteiger partial charge in [-0.3, -0.25) is 9.69 Å². The summed E-state index contributed by atoms with van der Waals surface area (Å²) >= 11 is 0. The van der Waals surface area contributed by atoms with Crippen molar-refractivity contribution in [3.63, 3.8) is 0 Å². The van der Waals surface area contributed by atoms with Crippen LogP contribution in [-0.4, -0.2) is 30.1 Å². The SMILES string of the molecule is COc1c[nH]c(CN2CCC[C@H](CCc3c(F)cccc3F)C2)cc1=O. The molecule has 26 heavy (non-hydrogen) atoms. The first-order chi connectivity index (χ1) is 12.6. The van der Waals surface area contributed by atoms with Crippen LogP contribution in [0.15, 0.2) is 35.3 Å². The summed E-state index contributed by atoms with van der Waals surface area (Å²) in [5.74, 6) is -0.230. The zero-order valence-corrected chi connectivity index (χ0v) is 14.9. The van der Waals surface area contributed by atoms with Gasteiger partial charge in [-0.25, -0.2) is 8.78 Å². The highest BCUT2D eigenvalue weighted by atomic mass is 19.1. The summed E-state index contributed by atoms with van der Waals surface area (Å²) in [6, 6.07) is 5.58. The molecule has 0 unspecified atom stereocenters. The second kappa shape index (κ2) is 8.45. The predicted octanol–water partition coefficient (Wildman–Crippen LogP) is 3.51. The second-order valence-electron chi connectivity index (χ2n) is 6.87. The molecule has 3 rings (SSSR count). The molecular weight excluding hydrogens is 338 g/mol. The molecule has 0 amide bonds. The van der Waals surface area contributed by atoms with Crippen molar-refractivity contribution < 1.29 is 13.5 Å².